The number of hydrogen-bond acceptors (Lipinski definition) is 7. The van der Waals surface area contributed by atoms with Crippen LogP contribution in [0.2, 0.25) is 0 Å². The molecule has 0 bridgehead atoms. The predicted molar refractivity (Wildman–Crippen MR) is 95.4 cm³/mol. The van der Waals surface area contributed by atoms with Crippen molar-refractivity contribution in [3.8, 4) is 5.75 Å². The standard InChI is InChI=1S/C17H17BN4O5/c23-15(11-8-19-9-11)22(17-20-5-2-6-21-17)13-7-10-3-1-4-12(16(24)25)14(10)27-18(13)26/h1-6,11,13,19,26H,7-9H2,(H,24,25)/t13-/m0/s1. The molecule has 27 heavy (non-hydrogen) atoms. The van der Waals surface area contributed by atoms with Gasteiger partial charge in [-0.15, -0.1) is 0 Å². The second-order valence-electron chi connectivity index (χ2n) is 6.49. The number of rotatable bonds is 4. The number of carboxylic acid groups (broad SMARTS) is 1. The van der Waals surface area contributed by atoms with Crippen LogP contribution in [0.4, 0.5) is 5.95 Å². The first-order valence-corrected chi connectivity index (χ1v) is 8.57. The summed E-state index contributed by atoms with van der Waals surface area (Å²) < 4.78 is 5.53. The van der Waals surface area contributed by atoms with Crippen LogP contribution in [-0.2, 0) is 11.2 Å². The minimum Gasteiger partial charge on any atom is -0.534 e. The van der Waals surface area contributed by atoms with Crippen molar-refractivity contribution in [3.63, 3.8) is 0 Å². The third kappa shape index (κ3) is 3.13. The Hall–Kier alpha value is -2.98. The minimum absolute atomic E-state index is 0.0259. The van der Waals surface area contributed by atoms with Crippen LogP contribution in [0.1, 0.15) is 15.9 Å². The zero-order valence-electron chi connectivity index (χ0n) is 14.3. The Kier molecular flexibility index (Phi) is 4.50. The quantitative estimate of drug-likeness (QED) is 0.631. The molecule has 1 atom stereocenters. The van der Waals surface area contributed by atoms with E-state index in [9.17, 15) is 19.7 Å². The molecule has 0 saturated carbocycles. The molecule has 9 nitrogen and oxygen atoms in total. The first-order chi connectivity index (χ1) is 13.1. The zero-order valence-corrected chi connectivity index (χ0v) is 14.3. The van der Waals surface area contributed by atoms with Crippen LogP contribution in [-0.4, -0.2) is 58.1 Å². The van der Waals surface area contributed by atoms with E-state index in [1.165, 1.54) is 23.4 Å². The first-order valence-electron chi connectivity index (χ1n) is 8.57. The van der Waals surface area contributed by atoms with E-state index in [1.54, 1.807) is 18.2 Å². The molecule has 0 aliphatic carbocycles. The number of benzene rings is 1. The lowest BCUT2D eigenvalue weighted by Gasteiger charge is -2.38. The lowest BCUT2D eigenvalue weighted by molar-refractivity contribution is -0.124. The maximum absolute atomic E-state index is 13.0. The maximum Gasteiger partial charge on any atom is 0.547 e. The molecule has 2 aromatic rings. The van der Waals surface area contributed by atoms with Gasteiger partial charge in [0.15, 0.2) is 0 Å². The molecule has 1 fully saturated rings. The average molecular weight is 368 g/mol. The molecule has 2 aliphatic heterocycles. The maximum atomic E-state index is 13.0. The number of para-hydroxylation sites is 1. The summed E-state index contributed by atoms with van der Waals surface area (Å²) in [4.78, 5) is 34.1. The molecule has 10 heteroatoms. The van der Waals surface area contributed by atoms with Gasteiger partial charge in [-0.3, -0.25) is 9.69 Å². The summed E-state index contributed by atoms with van der Waals surface area (Å²) in [5.41, 5.74) is 0.577. The fourth-order valence-electron chi connectivity index (χ4n) is 3.28. The highest BCUT2D eigenvalue weighted by molar-refractivity contribution is 6.48. The van der Waals surface area contributed by atoms with E-state index < -0.39 is 19.0 Å². The fraction of sp³-hybridized carbons (Fsp3) is 0.294. The minimum atomic E-state index is -1.40. The number of anilines is 1. The van der Waals surface area contributed by atoms with Crippen molar-refractivity contribution in [2.45, 2.75) is 12.4 Å². The van der Waals surface area contributed by atoms with E-state index in [4.69, 9.17) is 4.65 Å². The van der Waals surface area contributed by atoms with Gasteiger partial charge in [0.05, 0.1) is 17.4 Å². The fourth-order valence-corrected chi connectivity index (χ4v) is 3.28. The van der Waals surface area contributed by atoms with Gasteiger partial charge in [0, 0.05) is 25.5 Å². The third-order valence-electron chi connectivity index (χ3n) is 4.79. The number of aromatic nitrogens is 2. The van der Waals surface area contributed by atoms with Gasteiger partial charge in [0.2, 0.25) is 11.9 Å². The van der Waals surface area contributed by atoms with Gasteiger partial charge in [-0.25, -0.2) is 14.8 Å². The summed E-state index contributed by atoms with van der Waals surface area (Å²) in [5, 5.41) is 23.0. The number of carboxylic acids is 1. The van der Waals surface area contributed by atoms with E-state index >= 15 is 0 Å². The predicted octanol–water partition coefficient (Wildman–Crippen LogP) is -0.249. The SMILES string of the molecule is O=C(O)c1cccc2c1OB(O)[C@@H](N(C(=O)C1CNC1)c1ncccn1)C2. The Balaban J connectivity index is 1.71. The molecule has 1 saturated heterocycles. The molecule has 1 aromatic heterocycles. The number of hydrogen-bond donors (Lipinski definition) is 3. The van der Waals surface area contributed by atoms with E-state index in [0.29, 0.717) is 18.7 Å². The number of carbonyl (C=O) groups excluding carboxylic acids is 1. The molecule has 3 N–H and O–H groups in total. The molecule has 1 amide bonds. The first kappa shape index (κ1) is 17.4. The Labute approximate surface area is 155 Å². The van der Waals surface area contributed by atoms with Crippen LogP contribution in [0, 0.1) is 5.92 Å². The van der Waals surface area contributed by atoms with Crippen LogP contribution in [0.25, 0.3) is 0 Å². The van der Waals surface area contributed by atoms with Crippen molar-refractivity contribution < 1.29 is 24.4 Å². The number of nitrogens with zero attached hydrogens (tertiary/aromatic N) is 3. The normalized spacial score (nSPS) is 18.9. The van der Waals surface area contributed by atoms with Crippen LogP contribution in [0.5, 0.6) is 5.75 Å². The van der Waals surface area contributed by atoms with E-state index in [0.717, 1.165) is 0 Å². The second-order valence-corrected chi connectivity index (χ2v) is 6.49. The van der Waals surface area contributed by atoms with Gasteiger partial charge in [-0.05, 0) is 24.1 Å². The summed E-state index contributed by atoms with van der Waals surface area (Å²) in [5.74, 6) is -2.03. The number of carbonyl (C=O) groups is 2. The number of nitrogens with one attached hydrogen (secondary N) is 1. The van der Waals surface area contributed by atoms with Crippen LogP contribution < -0.4 is 14.9 Å². The number of aromatic carboxylic acids is 1. The molecule has 2 aliphatic rings. The molecule has 3 heterocycles. The molecular formula is C17H17BN4O5. The number of fused-ring (bicyclic) bond motifs is 1. The molecular weight excluding hydrogens is 351 g/mol. The third-order valence-corrected chi connectivity index (χ3v) is 4.79. The Bertz CT molecular complexity index is 877. The van der Waals surface area contributed by atoms with Gasteiger partial charge in [-0.1, -0.05) is 12.1 Å². The van der Waals surface area contributed by atoms with Crippen LogP contribution in [0.3, 0.4) is 0 Å². The lowest BCUT2D eigenvalue weighted by Crippen LogP contribution is -2.61. The lowest BCUT2D eigenvalue weighted by atomic mass is 9.71. The van der Waals surface area contributed by atoms with Gasteiger partial charge >= 0.3 is 13.1 Å². The second kappa shape index (κ2) is 6.97. The molecule has 0 radical (unpaired) electrons. The summed E-state index contributed by atoms with van der Waals surface area (Å²) >= 11 is 0. The molecule has 0 unspecified atom stereocenters. The Morgan fingerprint density at radius 3 is 2.59 bits per heavy atom. The molecule has 138 valence electrons. The smallest absolute Gasteiger partial charge is 0.534 e. The van der Waals surface area contributed by atoms with Gasteiger partial charge in [-0.2, -0.15) is 0 Å². The highest BCUT2D eigenvalue weighted by atomic mass is 16.5. The monoisotopic (exact) mass is 368 g/mol. The van der Waals surface area contributed by atoms with Crippen LogP contribution in [0.15, 0.2) is 36.7 Å². The Morgan fingerprint density at radius 2 is 1.96 bits per heavy atom. The summed E-state index contributed by atoms with van der Waals surface area (Å²) in [6, 6.07) is 6.39. The molecule has 0 spiro atoms. The highest BCUT2D eigenvalue weighted by Crippen LogP contribution is 2.33. The summed E-state index contributed by atoms with van der Waals surface area (Å²) in [6.07, 6.45) is 3.27. The van der Waals surface area contributed by atoms with E-state index in [1.807, 2.05) is 0 Å². The van der Waals surface area contributed by atoms with Crippen molar-refractivity contribution in [1.29, 1.82) is 0 Å². The van der Waals surface area contributed by atoms with E-state index in [-0.39, 0.29) is 35.5 Å². The number of amides is 1. The zero-order chi connectivity index (χ0) is 19.0. The summed E-state index contributed by atoms with van der Waals surface area (Å²) in [7, 11) is -1.40. The van der Waals surface area contributed by atoms with Crippen molar-refractivity contribution in [2.75, 3.05) is 18.0 Å². The molecule has 1 aromatic carbocycles. The largest absolute Gasteiger partial charge is 0.547 e. The van der Waals surface area contributed by atoms with Gasteiger partial charge in [0.25, 0.3) is 0 Å². The van der Waals surface area contributed by atoms with Crippen molar-refractivity contribution >= 4 is 24.9 Å². The topological polar surface area (TPSA) is 125 Å². The summed E-state index contributed by atoms with van der Waals surface area (Å²) in [6.45, 7) is 1.09. The Morgan fingerprint density at radius 1 is 1.22 bits per heavy atom. The van der Waals surface area contributed by atoms with Gasteiger partial charge < -0.3 is 20.1 Å². The van der Waals surface area contributed by atoms with Crippen molar-refractivity contribution in [3.05, 3.63) is 47.8 Å². The van der Waals surface area contributed by atoms with Crippen molar-refractivity contribution in [1.82, 2.24) is 15.3 Å². The average Bonchev–Trinajstić information content (AvgIpc) is 2.61. The highest BCUT2D eigenvalue weighted by Gasteiger charge is 2.45. The van der Waals surface area contributed by atoms with E-state index in [2.05, 4.69) is 15.3 Å². The van der Waals surface area contributed by atoms with Crippen molar-refractivity contribution in [2.24, 2.45) is 5.92 Å². The van der Waals surface area contributed by atoms with Crippen LogP contribution >= 0.6 is 0 Å². The van der Waals surface area contributed by atoms with Gasteiger partial charge in [0.1, 0.15) is 5.75 Å². The molecule has 4 rings (SSSR count).